The van der Waals surface area contributed by atoms with Crippen LogP contribution in [-0.2, 0) is 29.0 Å². The first-order valence-electron chi connectivity index (χ1n) is 11.0. The van der Waals surface area contributed by atoms with Crippen molar-refractivity contribution in [2.45, 2.75) is 52.4 Å². The van der Waals surface area contributed by atoms with Crippen LogP contribution in [0.4, 0.5) is 0 Å². The summed E-state index contributed by atoms with van der Waals surface area (Å²) in [7, 11) is 0. The highest BCUT2D eigenvalue weighted by Gasteiger charge is 2.13. The van der Waals surface area contributed by atoms with Gasteiger partial charge in [-0.15, -0.1) is 0 Å². The molecule has 2 heterocycles. The third kappa shape index (κ3) is 8.20. The predicted molar refractivity (Wildman–Crippen MR) is 119 cm³/mol. The molecule has 1 fully saturated rings. The predicted octanol–water partition coefficient (Wildman–Crippen LogP) is 3.91. The van der Waals surface area contributed by atoms with E-state index in [2.05, 4.69) is 48.7 Å². The highest BCUT2D eigenvalue weighted by molar-refractivity contribution is 5.79. The summed E-state index contributed by atoms with van der Waals surface area (Å²) in [5, 5.41) is 6.82. The van der Waals surface area contributed by atoms with Crippen LogP contribution in [0.15, 0.2) is 52.1 Å². The molecule has 0 aliphatic carbocycles. The Kier molecular flexibility index (Phi) is 9.25. The Labute approximate surface area is 180 Å². The highest BCUT2D eigenvalue weighted by Crippen LogP contribution is 2.14. The van der Waals surface area contributed by atoms with Crippen molar-refractivity contribution in [3.63, 3.8) is 0 Å². The second kappa shape index (κ2) is 12.4. The van der Waals surface area contributed by atoms with Crippen molar-refractivity contribution in [1.82, 2.24) is 10.6 Å². The van der Waals surface area contributed by atoms with E-state index >= 15 is 0 Å². The summed E-state index contributed by atoms with van der Waals surface area (Å²) in [4.78, 5) is 4.75. The van der Waals surface area contributed by atoms with Crippen LogP contribution in [0, 0.1) is 5.92 Å². The summed E-state index contributed by atoms with van der Waals surface area (Å²) in [6.07, 6.45) is 4.85. The fourth-order valence-electron chi connectivity index (χ4n) is 3.20. The molecule has 1 saturated heterocycles. The van der Waals surface area contributed by atoms with Crippen LogP contribution >= 0.6 is 0 Å². The normalized spacial score (nSPS) is 15.5. The molecular formula is C24H35N3O3. The lowest BCUT2D eigenvalue weighted by Gasteiger charge is -2.22. The maximum Gasteiger partial charge on any atom is 0.191 e. The van der Waals surface area contributed by atoms with Crippen LogP contribution in [0.25, 0.3) is 0 Å². The number of nitrogens with one attached hydrogen (secondary N) is 2. The molecule has 0 bridgehead atoms. The van der Waals surface area contributed by atoms with E-state index in [1.807, 2.05) is 12.1 Å². The monoisotopic (exact) mass is 413 g/mol. The number of ether oxygens (including phenoxy) is 2. The van der Waals surface area contributed by atoms with Gasteiger partial charge in [0.1, 0.15) is 5.76 Å². The average molecular weight is 414 g/mol. The summed E-state index contributed by atoms with van der Waals surface area (Å²) < 4.78 is 16.8. The van der Waals surface area contributed by atoms with Gasteiger partial charge in [-0.1, -0.05) is 38.1 Å². The Bertz CT molecular complexity index is 736. The molecule has 2 N–H and O–H groups in total. The first-order valence-corrected chi connectivity index (χ1v) is 11.0. The van der Waals surface area contributed by atoms with Gasteiger partial charge in [-0.2, -0.15) is 0 Å². The van der Waals surface area contributed by atoms with Gasteiger partial charge in [-0.25, -0.2) is 4.99 Å². The minimum atomic E-state index is 0.324. The van der Waals surface area contributed by atoms with Crippen LogP contribution < -0.4 is 10.6 Å². The number of benzene rings is 1. The molecule has 6 nitrogen and oxygen atoms in total. The number of hydrogen-bond acceptors (Lipinski definition) is 4. The van der Waals surface area contributed by atoms with Gasteiger partial charge in [-0.3, -0.25) is 0 Å². The maximum absolute atomic E-state index is 6.00. The zero-order valence-corrected chi connectivity index (χ0v) is 18.2. The lowest BCUT2D eigenvalue weighted by Crippen LogP contribution is -2.40. The maximum atomic E-state index is 6.00. The van der Waals surface area contributed by atoms with E-state index in [0.717, 1.165) is 57.3 Å². The largest absolute Gasteiger partial charge is 0.469 e. The smallest absolute Gasteiger partial charge is 0.191 e. The van der Waals surface area contributed by atoms with Gasteiger partial charge in [0.25, 0.3) is 0 Å². The van der Waals surface area contributed by atoms with Crippen LogP contribution in [-0.4, -0.2) is 38.4 Å². The standard InChI is InChI=1S/C24H35N3O3/c1-19(2)16-26-24(25-12-9-22-4-3-13-29-22)27-17-20-5-7-21(8-6-20)18-30-23-10-14-28-15-11-23/h3-8,13,19,23H,9-12,14-18H2,1-2H3,(H2,25,26,27). The zero-order chi connectivity index (χ0) is 21.0. The van der Waals surface area contributed by atoms with Gasteiger partial charge in [0, 0.05) is 32.7 Å². The third-order valence-electron chi connectivity index (χ3n) is 5.02. The van der Waals surface area contributed by atoms with Gasteiger partial charge in [0.15, 0.2) is 5.96 Å². The van der Waals surface area contributed by atoms with Crippen molar-refractivity contribution in [2.75, 3.05) is 26.3 Å². The van der Waals surface area contributed by atoms with Gasteiger partial charge < -0.3 is 24.5 Å². The molecule has 2 aromatic rings. The molecule has 1 aromatic carbocycles. The quantitative estimate of drug-likeness (QED) is 0.457. The Morgan fingerprint density at radius 2 is 1.87 bits per heavy atom. The third-order valence-corrected chi connectivity index (χ3v) is 5.02. The molecule has 1 aliphatic heterocycles. The highest BCUT2D eigenvalue weighted by atomic mass is 16.5. The van der Waals surface area contributed by atoms with Crippen molar-refractivity contribution in [3.05, 3.63) is 59.5 Å². The SMILES string of the molecule is CC(C)CNC(=NCc1ccc(COC2CCOCC2)cc1)NCCc1ccco1. The number of furan rings is 1. The van der Waals surface area contributed by atoms with Crippen molar-refractivity contribution in [2.24, 2.45) is 10.9 Å². The summed E-state index contributed by atoms with van der Waals surface area (Å²) in [6.45, 7) is 8.95. The Balaban J connectivity index is 1.47. The van der Waals surface area contributed by atoms with Crippen LogP contribution in [0.5, 0.6) is 0 Å². The molecule has 3 rings (SSSR count). The van der Waals surface area contributed by atoms with E-state index in [-0.39, 0.29) is 0 Å². The first kappa shape index (κ1) is 22.4. The fraction of sp³-hybridized carbons (Fsp3) is 0.542. The number of hydrogen-bond donors (Lipinski definition) is 2. The van der Waals surface area contributed by atoms with E-state index in [4.69, 9.17) is 18.9 Å². The van der Waals surface area contributed by atoms with Crippen molar-refractivity contribution < 1.29 is 13.9 Å². The van der Waals surface area contributed by atoms with Gasteiger partial charge in [-0.05, 0) is 42.0 Å². The minimum Gasteiger partial charge on any atom is -0.469 e. The molecule has 0 unspecified atom stereocenters. The van der Waals surface area contributed by atoms with Crippen LogP contribution in [0.2, 0.25) is 0 Å². The minimum absolute atomic E-state index is 0.324. The zero-order valence-electron chi connectivity index (χ0n) is 18.2. The summed E-state index contributed by atoms with van der Waals surface area (Å²) in [6, 6.07) is 12.4. The number of aliphatic imine (C=N–C) groups is 1. The van der Waals surface area contributed by atoms with E-state index < -0.39 is 0 Å². The molecule has 0 spiro atoms. The lowest BCUT2D eigenvalue weighted by atomic mass is 10.1. The van der Waals surface area contributed by atoms with Crippen molar-refractivity contribution in [3.8, 4) is 0 Å². The van der Waals surface area contributed by atoms with Crippen molar-refractivity contribution >= 4 is 5.96 Å². The summed E-state index contributed by atoms with van der Waals surface area (Å²) in [5.74, 6) is 2.36. The van der Waals surface area contributed by atoms with Crippen LogP contribution in [0.1, 0.15) is 43.6 Å². The second-order valence-electron chi connectivity index (χ2n) is 8.13. The van der Waals surface area contributed by atoms with Gasteiger partial charge in [0.2, 0.25) is 0 Å². The molecule has 30 heavy (non-hydrogen) atoms. The van der Waals surface area contributed by atoms with E-state index in [1.54, 1.807) is 6.26 Å². The van der Waals surface area contributed by atoms with Gasteiger partial charge in [0.05, 0.1) is 25.5 Å². The van der Waals surface area contributed by atoms with Crippen LogP contribution in [0.3, 0.4) is 0 Å². The molecule has 0 saturated carbocycles. The topological polar surface area (TPSA) is 68.0 Å². The summed E-state index contributed by atoms with van der Waals surface area (Å²) >= 11 is 0. The molecule has 6 heteroatoms. The molecule has 0 amide bonds. The van der Waals surface area contributed by atoms with Crippen molar-refractivity contribution in [1.29, 1.82) is 0 Å². The summed E-state index contributed by atoms with van der Waals surface area (Å²) in [5.41, 5.74) is 2.38. The van der Waals surface area contributed by atoms with E-state index in [1.165, 1.54) is 11.1 Å². The van der Waals surface area contributed by atoms with E-state index in [9.17, 15) is 0 Å². The molecule has 164 valence electrons. The fourth-order valence-corrected chi connectivity index (χ4v) is 3.20. The molecule has 0 atom stereocenters. The molecular weight excluding hydrogens is 378 g/mol. The number of rotatable bonds is 10. The first-order chi connectivity index (χ1) is 14.7. The Morgan fingerprint density at radius 3 is 2.57 bits per heavy atom. The number of nitrogens with zero attached hydrogens (tertiary/aromatic N) is 1. The molecule has 0 radical (unpaired) electrons. The Hall–Kier alpha value is -2.31. The second-order valence-corrected chi connectivity index (χ2v) is 8.13. The number of guanidine groups is 1. The lowest BCUT2D eigenvalue weighted by molar-refractivity contribution is -0.0390. The molecule has 1 aromatic heterocycles. The average Bonchev–Trinajstić information content (AvgIpc) is 3.29. The van der Waals surface area contributed by atoms with E-state index in [0.29, 0.717) is 25.2 Å². The molecule has 1 aliphatic rings. The Morgan fingerprint density at radius 1 is 1.10 bits per heavy atom. The van der Waals surface area contributed by atoms with Gasteiger partial charge >= 0.3 is 0 Å².